The molecule has 0 aromatic heterocycles. The molecule has 1 rings (SSSR count). The maximum atomic E-state index is 12.4. The number of nitrogens with zero attached hydrogens (tertiary/aromatic N) is 1. The Morgan fingerprint density at radius 1 is 1.00 bits per heavy atom. The van der Waals surface area contributed by atoms with Gasteiger partial charge in [0.1, 0.15) is 0 Å². The van der Waals surface area contributed by atoms with E-state index in [4.69, 9.17) is 0 Å². The number of piperidine rings is 1. The molecule has 1 saturated heterocycles. The van der Waals surface area contributed by atoms with E-state index in [0.29, 0.717) is 5.91 Å². The van der Waals surface area contributed by atoms with Gasteiger partial charge in [0.05, 0.1) is 0 Å². The zero-order valence-corrected chi connectivity index (χ0v) is 11.6. The standard InChI is InChI=1S/C14H27NO/c1-13(2,3)11-14(4,5)12(16)15-9-7-6-8-10-15/h6-11H2,1-5H3. The Morgan fingerprint density at radius 2 is 1.50 bits per heavy atom. The zero-order valence-electron chi connectivity index (χ0n) is 11.6. The Bertz CT molecular complexity index is 244. The molecule has 0 atom stereocenters. The summed E-state index contributed by atoms with van der Waals surface area (Å²) >= 11 is 0. The highest BCUT2D eigenvalue weighted by molar-refractivity contribution is 5.82. The molecule has 2 nitrogen and oxygen atoms in total. The summed E-state index contributed by atoms with van der Waals surface area (Å²) in [6.45, 7) is 12.7. The topological polar surface area (TPSA) is 20.3 Å². The molecule has 0 aliphatic carbocycles. The summed E-state index contributed by atoms with van der Waals surface area (Å²) in [5.41, 5.74) is 0.00450. The lowest BCUT2D eigenvalue weighted by Crippen LogP contribution is -2.44. The summed E-state index contributed by atoms with van der Waals surface area (Å²) in [4.78, 5) is 14.5. The SMILES string of the molecule is CC(C)(C)CC(C)(C)C(=O)N1CCCCC1. The molecule has 94 valence electrons. The fraction of sp³-hybridized carbons (Fsp3) is 0.929. The molecule has 16 heavy (non-hydrogen) atoms. The first-order chi connectivity index (χ1) is 7.22. The summed E-state index contributed by atoms with van der Waals surface area (Å²) in [6.07, 6.45) is 4.59. The van der Waals surface area contributed by atoms with Crippen molar-refractivity contribution >= 4 is 5.91 Å². The van der Waals surface area contributed by atoms with E-state index >= 15 is 0 Å². The monoisotopic (exact) mass is 225 g/mol. The zero-order chi connectivity index (χ0) is 12.4. The predicted octanol–water partition coefficient (Wildman–Crippen LogP) is 3.46. The summed E-state index contributed by atoms with van der Waals surface area (Å²) in [7, 11) is 0. The van der Waals surface area contributed by atoms with Crippen LogP contribution in [0.25, 0.3) is 0 Å². The third-order valence-electron chi connectivity index (χ3n) is 3.19. The van der Waals surface area contributed by atoms with Crippen LogP contribution in [-0.2, 0) is 4.79 Å². The molecule has 0 saturated carbocycles. The number of carbonyl (C=O) groups excluding carboxylic acids is 1. The molecule has 0 radical (unpaired) electrons. The molecule has 0 aromatic rings. The Kier molecular flexibility index (Phi) is 4.03. The predicted molar refractivity (Wildman–Crippen MR) is 68.3 cm³/mol. The van der Waals surface area contributed by atoms with Crippen LogP contribution >= 0.6 is 0 Å². The van der Waals surface area contributed by atoms with Gasteiger partial charge >= 0.3 is 0 Å². The van der Waals surface area contributed by atoms with Gasteiger partial charge in [-0.3, -0.25) is 4.79 Å². The first-order valence-corrected chi connectivity index (χ1v) is 6.52. The van der Waals surface area contributed by atoms with Gasteiger partial charge in [-0.25, -0.2) is 0 Å². The van der Waals surface area contributed by atoms with Gasteiger partial charge in [0.25, 0.3) is 0 Å². The van der Waals surface area contributed by atoms with Crippen molar-refractivity contribution in [3.8, 4) is 0 Å². The van der Waals surface area contributed by atoms with Crippen LogP contribution in [0.3, 0.4) is 0 Å². The van der Waals surface area contributed by atoms with Gasteiger partial charge in [-0.2, -0.15) is 0 Å². The highest BCUT2D eigenvalue weighted by Crippen LogP contribution is 2.35. The van der Waals surface area contributed by atoms with Crippen molar-refractivity contribution in [2.45, 2.75) is 60.3 Å². The molecule has 1 aliphatic heterocycles. The lowest BCUT2D eigenvalue weighted by Gasteiger charge is -2.37. The molecule has 0 bridgehead atoms. The minimum absolute atomic E-state index is 0.213. The van der Waals surface area contributed by atoms with E-state index in [0.717, 1.165) is 19.5 Å². The molecule has 1 heterocycles. The van der Waals surface area contributed by atoms with E-state index < -0.39 is 0 Å². The molecular weight excluding hydrogens is 198 g/mol. The van der Waals surface area contributed by atoms with Gasteiger partial charge in [0.2, 0.25) is 5.91 Å². The molecule has 0 spiro atoms. The van der Waals surface area contributed by atoms with Crippen LogP contribution in [0.15, 0.2) is 0 Å². The number of carbonyl (C=O) groups is 1. The molecular formula is C14H27NO. The highest BCUT2D eigenvalue weighted by atomic mass is 16.2. The van der Waals surface area contributed by atoms with Gasteiger partial charge in [-0.15, -0.1) is 0 Å². The quantitative estimate of drug-likeness (QED) is 0.704. The summed E-state index contributed by atoms with van der Waals surface area (Å²) in [5, 5.41) is 0. The molecule has 0 N–H and O–H groups in total. The van der Waals surface area contributed by atoms with Crippen LogP contribution in [0.4, 0.5) is 0 Å². The minimum Gasteiger partial charge on any atom is -0.342 e. The van der Waals surface area contributed by atoms with Gasteiger partial charge in [-0.1, -0.05) is 34.6 Å². The number of rotatable bonds is 2. The second-order valence-electron chi connectivity index (χ2n) is 6.97. The molecule has 1 amide bonds. The third kappa shape index (κ3) is 3.80. The van der Waals surface area contributed by atoms with Crippen LogP contribution in [0.1, 0.15) is 60.3 Å². The smallest absolute Gasteiger partial charge is 0.228 e. The largest absolute Gasteiger partial charge is 0.342 e. The maximum Gasteiger partial charge on any atom is 0.228 e. The van der Waals surface area contributed by atoms with E-state index in [1.54, 1.807) is 0 Å². The lowest BCUT2D eigenvalue weighted by atomic mass is 9.75. The van der Waals surface area contributed by atoms with Crippen molar-refractivity contribution in [3.05, 3.63) is 0 Å². The normalized spacial score (nSPS) is 18.7. The van der Waals surface area contributed by atoms with E-state index in [1.807, 2.05) is 0 Å². The number of likely N-dealkylation sites (tertiary alicyclic amines) is 1. The number of hydrogen-bond acceptors (Lipinski definition) is 1. The summed E-state index contributed by atoms with van der Waals surface area (Å²) < 4.78 is 0. The van der Waals surface area contributed by atoms with Crippen molar-refractivity contribution < 1.29 is 4.79 Å². The van der Waals surface area contributed by atoms with Crippen LogP contribution in [0.5, 0.6) is 0 Å². The molecule has 0 unspecified atom stereocenters. The average Bonchev–Trinajstić information content (AvgIpc) is 2.14. The second kappa shape index (κ2) is 4.77. The van der Waals surface area contributed by atoms with E-state index in [2.05, 4.69) is 39.5 Å². The first-order valence-electron chi connectivity index (χ1n) is 6.52. The molecule has 1 fully saturated rings. The van der Waals surface area contributed by atoms with Gasteiger partial charge < -0.3 is 4.90 Å². The maximum absolute atomic E-state index is 12.4. The summed E-state index contributed by atoms with van der Waals surface area (Å²) in [6, 6.07) is 0. The fourth-order valence-electron chi connectivity index (χ4n) is 2.93. The molecule has 1 aliphatic rings. The van der Waals surface area contributed by atoms with E-state index in [1.165, 1.54) is 19.3 Å². The van der Waals surface area contributed by atoms with E-state index in [-0.39, 0.29) is 10.8 Å². The van der Waals surface area contributed by atoms with Crippen LogP contribution < -0.4 is 0 Å². The Labute approximate surface area is 100 Å². The highest BCUT2D eigenvalue weighted by Gasteiger charge is 2.35. The van der Waals surface area contributed by atoms with Crippen LogP contribution in [0.2, 0.25) is 0 Å². The molecule has 0 aromatic carbocycles. The van der Waals surface area contributed by atoms with Crippen molar-refractivity contribution in [2.75, 3.05) is 13.1 Å². The Balaban J connectivity index is 2.63. The molecule has 2 heteroatoms. The second-order valence-corrected chi connectivity index (χ2v) is 6.97. The van der Waals surface area contributed by atoms with E-state index in [9.17, 15) is 4.79 Å². The van der Waals surface area contributed by atoms with Gasteiger partial charge in [0, 0.05) is 18.5 Å². The van der Waals surface area contributed by atoms with Crippen molar-refractivity contribution in [1.29, 1.82) is 0 Å². The van der Waals surface area contributed by atoms with Crippen LogP contribution in [-0.4, -0.2) is 23.9 Å². The number of hydrogen-bond donors (Lipinski definition) is 0. The van der Waals surface area contributed by atoms with Crippen molar-refractivity contribution in [3.63, 3.8) is 0 Å². The Morgan fingerprint density at radius 3 is 1.94 bits per heavy atom. The average molecular weight is 225 g/mol. The first kappa shape index (κ1) is 13.5. The lowest BCUT2D eigenvalue weighted by molar-refractivity contribution is -0.142. The fourth-order valence-corrected chi connectivity index (χ4v) is 2.93. The van der Waals surface area contributed by atoms with Crippen LogP contribution in [0, 0.1) is 10.8 Å². The number of amides is 1. The Hall–Kier alpha value is -0.530. The van der Waals surface area contributed by atoms with Crippen molar-refractivity contribution in [1.82, 2.24) is 4.90 Å². The summed E-state index contributed by atoms with van der Waals surface area (Å²) in [5.74, 6) is 0.349. The van der Waals surface area contributed by atoms with Gasteiger partial charge in [-0.05, 0) is 31.1 Å². The van der Waals surface area contributed by atoms with Gasteiger partial charge in [0.15, 0.2) is 0 Å². The minimum atomic E-state index is -0.213. The third-order valence-corrected chi connectivity index (χ3v) is 3.19. The van der Waals surface area contributed by atoms with Crippen molar-refractivity contribution in [2.24, 2.45) is 10.8 Å².